The van der Waals surface area contributed by atoms with E-state index in [1.165, 1.54) is 13.0 Å². The molecule has 11 nitrogen and oxygen atoms in total. The molecule has 1 aliphatic heterocycles. The maximum atomic E-state index is 15.5. The monoisotopic (exact) mass is 613 g/mol. The van der Waals surface area contributed by atoms with E-state index in [-0.39, 0.29) is 40.8 Å². The third-order valence-electron chi connectivity index (χ3n) is 8.21. The normalized spacial score (nSPS) is 17.6. The number of nitrogens with one attached hydrogen (secondary N) is 1. The highest BCUT2D eigenvalue weighted by molar-refractivity contribution is 6.00. The lowest BCUT2D eigenvalue weighted by molar-refractivity contribution is -0.873. The van der Waals surface area contributed by atoms with Gasteiger partial charge in [0.2, 0.25) is 5.91 Å². The summed E-state index contributed by atoms with van der Waals surface area (Å²) in [5.41, 5.74) is 7.76. The van der Waals surface area contributed by atoms with Crippen molar-refractivity contribution in [2.75, 3.05) is 46.1 Å². The van der Waals surface area contributed by atoms with Gasteiger partial charge in [-0.1, -0.05) is 20.8 Å². The fourth-order valence-electron chi connectivity index (χ4n) is 6.37. The van der Waals surface area contributed by atoms with Gasteiger partial charge < -0.3 is 25.2 Å². The van der Waals surface area contributed by atoms with Gasteiger partial charge in [-0.15, -0.1) is 0 Å². The van der Waals surface area contributed by atoms with Crippen LogP contribution in [0, 0.1) is 11.2 Å². The van der Waals surface area contributed by atoms with Crippen molar-refractivity contribution < 1.29 is 32.8 Å². The van der Waals surface area contributed by atoms with Crippen LogP contribution in [0.5, 0.6) is 0 Å². The lowest BCUT2D eigenvalue weighted by Crippen LogP contribution is -2.47. The number of benzene rings is 1. The summed E-state index contributed by atoms with van der Waals surface area (Å²) in [4.78, 5) is 51.9. The molecule has 1 saturated heterocycles. The molecule has 240 valence electrons. The van der Waals surface area contributed by atoms with Crippen LogP contribution in [0.15, 0.2) is 12.1 Å². The number of nitrogens with two attached hydrogens (primary N) is 1. The molecule has 1 aromatic carbocycles. The Hall–Kier alpha value is -3.80. The smallest absolute Gasteiger partial charge is 0.303 e. The number of anilines is 1. The zero-order valence-electron chi connectivity index (χ0n) is 27.0. The number of primary amides is 1. The van der Waals surface area contributed by atoms with Crippen LogP contribution < -0.4 is 11.1 Å². The molecule has 2 heterocycles. The molecule has 0 saturated carbocycles. The maximum Gasteiger partial charge on any atom is 0.303 e. The zero-order chi connectivity index (χ0) is 32.6. The van der Waals surface area contributed by atoms with E-state index in [1.807, 2.05) is 41.9 Å². The van der Waals surface area contributed by atoms with Crippen molar-refractivity contribution in [2.24, 2.45) is 11.1 Å². The van der Waals surface area contributed by atoms with Gasteiger partial charge in [-0.25, -0.2) is 9.07 Å². The van der Waals surface area contributed by atoms with Crippen molar-refractivity contribution in [1.29, 1.82) is 0 Å². The third-order valence-corrected chi connectivity index (χ3v) is 8.21. The summed E-state index contributed by atoms with van der Waals surface area (Å²) in [6.45, 7) is 8.73. The fourth-order valence-corrected chi connectivity index (χ4v) is 6.37. The van der Waals surface area contributed by atoms with E-state index in [9.17, 15) is 19.2 Å². The summed E-state index contributed by atoms with van der Waals surface area (Å²) < 4.78 is 23.1. The molecule has 1 aliphatic carbocycles. The summed E-state index contributed by atoms with van der Waals surface area (Å²) in [6, 6.07) is 2.75. The number of rotatable bonds is 10. The summed E-state index contributed by atoms with van der Waals surface area (Å²) in [5.74, 6) is -2.16. The number of quaternary nitrogens is 1. The van der Waals surface area contributed by atoms with Crippen LogP contribution in [0.1, 0.15) is 85.5 Å². The second-order valence-electron chi connectivity index (χ2n) is 13.9. The van der Waals surface area contributed by atoms with Gasteiger partial charge in [-0.05, 0) is 37.2 Å². The van der Waals surface area contributed by atoms with Crippen LogP contribution in [0.2, 0.25) is 0 Å². The first kappa shape index (κ1) is 33.1. The number of carbonyl (C=O) groups excluding carboxylic acids is 4. The predicted molar refractivity (Wildman–Crippen MR) is 164 cm³/mol. The number of ether oxygens (including phenoxy) is 1. The summed E-state index contributed by atoms with van der Waals surface area (Å²) in [6.07, 6.45) is 2.26. The van der Waals surface area contributed by atoms with Crippen molar-refractivity contribution in [3.63, 3.8) is 0 Å². The van der Waals surface area contributed by atoms with Gasteiger partial charge in [0.1, 0.15) is 12.4 Å². The molecule has 12 heteroatoms. The minimum Gasteiger partial charge on any atom is -0.456 e. The van der Waals surface area contributed by atoms with E-state index in [1.54, 1.807) is 15.6 Å². The fraction of sp³-hybridized carbons (Fsp3) is 0.594. The maximum absolute atomic E-state index is 15.5. The van der Waals surface area contributed by atoms with Gasteiger partial charge in [0.25, 0.3) is 5.91 Å². The van der Waals surface area contributed by atoms with Crippen molar-refractivity contribution in [3.05, 3.63) is 40.5 Å². The van der Waals surface area contributed by atoms with Crippen molar-refractivity contribution in [1.82, 2.24) is 14.7 Å². The van der Waals surface area contributed by atoms with Crippen LogP contribution in [0.4, 0.5) is 10.1 Å². The first-order chi connectivity index (χ1) is 20.5. The van der Waals surface area contributed by atoms with Gasteiger partial charge in [0.15, 0.2) is 11.9 Å². The van der Waals surface area contributed by atoms with Gasteiger partial charge in [0, 0.05) is 38.5 Å². The van der Waals surface area contributed by atoms with Crippen molar-refractivity contribution >= 4 is 29.3 Å². The predicted octanol–water partition coefficient (Wildman–Crippen LogP) is 3.26. The highest BCUT2D eigenvalue weighted by atomic mass is 19.1. The van der Waals surface area contributed by atoms with E-state index < -0.39 is 23.8 Å². The second kappa shape index (κ2) is 12.7. The number of halogens is 1. The number of aryl methyl sites for hydroxylation is 1. The number of aromatic nitrogens is 2. The molecule has 0 radical (unpaired) electrons. The quantitative estimate of drug-likeness (QED) is 0.310. The number of esters is 1. The Kier molecular flexibility index (Phi) is 9.53. The highest BCUT2D eigenvalue weighted by Gasteiger charge is 2.37. The first-order valence-corrected chi connectivity index (χ1v) is 15.3. The standard InChI is InChI=1S/C32H45FN6O5/c1-8-24-30-26(16-32(3,4)17-27(30)41)38(36-24)21-13-23(33)29(31(34)43)25(14-21)35-20-9-11-37(12-10-20)28(42)15-22(44-19(2)40)18-39(5,6)7/h13-14,20,22H,8-12,15-18H2,1-7H3,(H2-,34,35,43)/p+1. The van der Waals surface area contributed by atoms with E-state index in [0.717, 1.165) is 5.69 Å². The average Bonchev–Trinajstić information content (AvgIpc) is 3.25. The molecular formula is C32H46FN6O5+. The molecular weight excluding hydrogens is 567 g/mol. The Bertz CT molecular complexity index is 1450. The number of nitrogens with zero attached hydrogens (tertiary/aromatic N) is 4. The largest absolute Gasteiger partial charge is 0.456 e. The van der Waals surface area contributed by atoms with E-state index in [0.29, 0.717) is 73.2 Å². The molecule has 2 aliphatic rings. The number of hydrogen-bond donors (Lipinski definition) is 2. The van der Waals surface area contributed by atoms with Crippen LogP contribution in [-0.2, 0) is 27.2 Å². The number of amides is 2. The SMILES string of the molecule is CCc1nn(-c2cc(F)c(C(N)=O)c(NC3CCN(C(=O)CC(C[N+](C)(C)C)OC(C)=O)CC3)c2)c2c1C(=O)CC(C)(C)C2. The van der Waals surface area contributed by atoms with Crippen LogP contribution in [0.25, 0.3) is 5.69 Å². The molecule has 3 N–H and O–H groups in total. The van der Waals surface area contributed by atoms with Gasteiger partial charge >= 0.3 is 5.97 Å². The van der Waals surface area contributed by atoms with Gasteiger partial charge in [-0.2, -0.15) is 5.10 Å². The molecule has 2 amide bonds. The lowest BCUT2D eigenvalue weighted by atomic mass is 9.75. The van der Waals surface area contributed by atoms with E-state index in [2.05, 4.69) is 5.32 Å². The first-order valence-electron chi connectivity index (χ1n) is 15.3. The van der Waals surface area contributed by atoms with Crippen molar-refractivity contribution in [2.45, 2.75) is 78.4 Å². The number of piperidine rings is 1. The third kappa shape index (κ3) is 7.64. The molecule has 1 fully saturated rings. The topological polar surface area (TPSA) is 137 Å². The molecule has 4 rings (SSSR count). The number of hydrogen-bond acceptors (Lipinski definition) is 7. The number of Topliss-reactive ketones (excluding diaryl/α,β-unsaturated/α-hetero) is 1. The van der Waals surface area contributed by atoms with Gasteiger partial charge in [0.05, 0.1) is 61.5 Å². The summed E-state index contributed by atoms with van der Waals surface area (Å²) >= 11 is 0. The van der Waals surface area contributed by atoms with E-state index >= 15 is 4.39 Å². The number of ketones is 1. The summed E-state index contributed by atoms with van der Waals surface area (Å²) in [5, 5.41) is 8.01. The number of likely N-dealkylation sites (tertiary alicyclic amines) is 1. The van der Waals surface area contributed by atoms with Crippen LogP contribution in [0.3, 0.4) is 0 Å². The zero-order valence-corrected chi connectivity index (χ0v) is 27.0. The molecule has 1 atom stereocenters. The Balaban J connectivity index is 1.54. The molecule has 0 spiro atoms. The number of likely N-dealkylation sites (N-methyl/N-ethyl adjacent to an activating group) is 1. The molecule has 0 bridgehead atoms. The Morgan fingerprint density at radius 3 is 2.41 bits per heavy atom. The minimum atomic E-state index is -0.897. The van der Waals surface area contributed by atoms with Gasteiger partial charge in [-0.3, -0.25) is 19.2 Å². The molecule has 1 aromatic heterocycles. The molecule has 2 aromatic rings. The van der Waals surface area contributed by atoms with Crippen LogP contribution >= 0.6 is 0 Å². The van der Waals surface area contributed by atoms with Crippen LogP contribution in [-0.4, -0.2) is 95.7 Å². The Morgan fingerprint density at radius 1 is 1.18 bits per heavy atom. The number of fused-ring (bicyclic) bond motifs is 1. The Morgan fingerprint density at radius 2 is 1.84 bits per heavy atom. The Labute approximate surface area is 258 Å². The van der Waals surface area contributed by atoms with E-state index in [4.69, 9.17) is 15.6 Å². The second-order valence-corrected chi connectivity index (χ2v) is 13.9. The van der Waals surface area contributed by atoms with Crippen molar-refractivity contribution in [3.8, 4) is 5.69 Å². The summed E-state index contributed by atoms with van der Waals surface area (Å²) in [7, 11) is 5.92. The molecule has 1 unspecified atom stereocenters. The molecule has 44 heavy (non-hydrogen) atoms. The number of carbonyl (C=O) groups is 4. The minimum absolute atomic E-state index is 0.0323. The lowest BCUT2D eigenvalue weighted by Gasteiger charge is -2.35. The average molecular weight is 614 g/mol. The highest BCUT2D eigenvalue weighted by Crippen LogP contribution is 2.38.